The molecule has 0 spiro atoms. The molecule has 0 fully saturated rings. The monoisotopic (exact) mass is 357 g/mol. The van der Waals surface area contributed by atoms with Crippen molar-refractivity contribution in [2.75, 3.05) is 0 Å². The van der Waals surface area contributed by atoms with Gasteiger partial charge >= 0.3 is 0 Å². The van der Waals surface area contributed by atoms with Gasteiger partial charge in [0.25, 0.3) is 5.78 Å². The van der Waals surface area contributed by atoms with E-state index in [1.54, 1.807) is 48.6 Å². The van der Waals surface area contributed by atoms with Gasteiger partial charge in [-0.05, 0) is 52.9 Å². The van der Waals surface area contributed by atoms with E-state index < -0.39 is 0 Å². The highest BCUT2D eigenvalue weighted by Gasteiger charge is 2.06. The van der Waals surface area contributed by atoms with E-state index in [9.17, 15) is 10.2 Å². The second-order valence-electron chi connectivity index (χ2n) is 5.78. The number of aromatic nitrogens is 5. The molecule has 4 aromatic rings. The molecule has 4 rings (SSSR count). The quantitative estimate of drug-likeness (QED) is 0.582. The van der Waals surface area contributed by atoms with Crippen LogP contribution < -0.4 is 0 Å². The lowest BCUT2D eigenvalue weighted by atomic mass is 10.1. The Bertz CT molecular complexity index is 1160. The van der Waals surface area contributed by atoms with Gasteiger partial charge in [0.15, 0.2) is 0 Å². The molecular weight excluding hydrogens is 342 g/mol. The van der Waals surface area contributed by atoms with Crippen molar-refractivity contribution >= 4 is 30.1 Å². The summed E-state index contributed by atoms with van der Waals surface area (Å²) in [6.07, 6.45) is 7.13. The maximum Gasteiger partial charge on any atom is 0.274 e. The molecule has 0 unspecified atom stereocenters. The van der Waals surface area contributed by atoms with E-state index >= 15 is 0 Å². The molecule has 0 radical (unpaired) electrons. The molecule has 7 heteroatoms. The van der Waals surface area contributed by atoms with E-state index in [0.29, 0.717) is 28.3 Å². The third-order valence-electron chi connectivity index (χ3n) is 3.96. The predicted molar refractivity (Wildman–Crippen MR) is 103 cm³/mol. The number of phenols is 2. The van der Waals surface area contributed by atoms with Gasteiger partial charge in [0.1, 0.15) is 11.5 Å². The van der Waals surface area contributed by atoms with Crippen LogP contribution in [0.25, 0.3) is 30.1 Å². The molecule has 2 aromatic heterocycles. The topological polar surface area (TPSA) is 96.4 Å². The summed E-state index contributed by atoms with van der Waals surface area (Å²) in [5, 5.41) is 31.3. The molecule has 0 saturated carbocycles. The van der Waals surface area contributed by atoms with E-state index in [0.717, 1.165) is 0 Å². The Morgan fingerprint density at radius 3 is 2.07 bits per heavy atom. The highest BCUT2D eigenvalue weighted by molar-refractivity contribution is 5.75. The number of fused-ring (bicyclic) bond motifs is 1. The van der Waals surface area contributed by atoms with Gasteiger partial charge in [0.05, 0.1) is 11.4 Å². The summed E-state index contributed by atoms with van der Waals surface area (Å²) in [4.78, 5) is 4.39. The Morgan fingerprint density at radius 1 is 0.778 bits per heavy atom. The van der Waals surface area contributed by atoms with Gasteiger partial charge in [-0.15, -0.1) is 0 Å². The Kier molecular flexibility index (Phi) is 4.32. The van der Waals surface area contributed by atoms with Crippen LogP contribution in [-0.4, -0.2) is 35.2 Å². The van der Waals surface area contributed by atoms with Crippen molar-refractivity contribution in [1.82, 2.24) is 25.0 Å². The van der Waals surface area contributed by atoms with Crippen LogP contribution >= 0.6 is 0 Å². The number of benzene rings is 2. The fourth-order valence-electron chi connectivity index (χ4n) is 2.59. The standard InChI is InChI=1S/C20H15N5O2/c26-18-7-3-1-5-14(18)9-11-16-13-17(25-20(21-16)22-23-24-25)12-10-15-6-2-4-8-19(15)27/h1-13,26-27H. The molecular formula is C20H15N5O2. The van der Waals surface area contributed by atoms with E-state index in [1.165, 1.54) is 4.52 Å². The number of phenolic OH excluding ortho intramolecular Hbond substituents is 2. The summed E-state index contributed by atoms with van der Waals surface area (Å²) in [6, 6.07) is 15.9. The van der Waals surface area contributed by atoms with Gasteiger partial charge in [-0.25, -0.2) is 4.98 Å². The van der Waals surface area contributed by atoms with Crippen LogP contribution in [0.3, 0.4) is 0 Å². The number of para-hydroxylation sites is 2. The van der Waals surface area contributed by atoms with Crippen LogP contribution in [0.4, 0.5) is 0 Å². The normalized spacial score (nSPS) is 11.7. The highest BCUT2D eigenvalue weighted by atomic mass is 16.3. The highest BCUT2D eigenvalue weighted by Crippen LogP contribution is 2.20. The molecule has 0 aliphatic rings. The van der Waals surface area contributed by atoms with Crippen molar-refractivity contribution in [3.05, 3.63) is 77.1 Å². The second kappa shape index (κ2) is 7.09. The number of hydrogen-bond donors (Lipinski definition) is 2. The summed E-state index contributed by atoms with van der Waals surface area (Å²) in [7, 11) is 0. The number of hydrogen-bond acceptors (Lipinski definition) is 6. The largest absolute Gasteiger partial charge is 0.507 e. The molecule has 0 saturated heterocycles. The second-order valence-corrected chi connectivity index (χ2v) is 5.78. The Morgan fingerprint density at radius 2 is 1.41 bits per heavy atom. The number of tetrazole rings is 1. The maximum atomic E-state index is 9.91. The Balaban J connectivity index is 1.72. The first-order valence-corrected chi connectivity index (χ1v) is 8.22. The lowest BCUT2D eigenvalue weighted by molar-refractivity contribution is 0.473. The summed E-state index contributed by atoms with van der Waals surface area (Å²) in [5.41, 5.74) is 2.70. The van der Waals surface area contributed by atoms with Crippen LogP contribution in [0.5, 0.6) is 11.5 Å². The summed E-state index contributed by atoms with van der Waals surface area (Å²) in [6.45, 7) is 0. The van der Waals surface area contributed by atoms with Crippen LogP contribution in [0.2, 0.25) is 0 Å². The van der Waals surface area contributed by atoms with Gasteiger partial charge in [-0.3, -0.25) is 0 Å². The van der Waals surface area contributed by atoms with Crippen molar-refractivity contribution in [2.24, 2.45) is 0 Å². The molecule has 0 bridgehead atoms. The van der Waals surface area contributed by atoms with Crippen LogP contribution in [0.1, 0.15) is 22.5 Å². The number of rotatable bonds is 4. The van der Waals surface area contributed by atoms with Crippen molar-refractivity contribution in [3.63, 3.8) is 0 Å². The van der Waals surface area contributed by atoms with Gasteiger partial charge in [-0.1, -0.05) is 41.5 Å². The molecule has 0 atom stereocenters. The first-order chi connectivity index (χ1) is 13.2. The Labute approximate surface area is 154 Å². The SMILES string of the molecule is Oc1ccccc1C=Cc1cc(C=Cc2ccccc2O)n2nnnc2n1. The van der Waals surface area contributed by atoms with Crippen molar-refractivity contribution in [2.45, 2.75) is 0 Å². The average molecular weight is 357 g/mol. The zero-order valence-corrected chi connectivity index (χ0v) is 14.1. The van der Waals surface area contributed by atoms with Crippen molar-refractivity contribution < 1.29 is 10.2 Å². The van der Waals surface area contributed by atoms with Crippen LogP contribution in [-0.2, 0) is 0 Å². The molecule has 0 aliphatic carbocycles. The molecule has 0 aliphatic heterocycles. The molecule has 2 aromatic carbocycles. The van der Waals surface area contributed by atoms with Gasteiger partial charge in [0.2, 0.25) is 0 Å². The third-order valence-corrected chi connectivity index (χ3v) is 3.96. The first-order valence-electron chi connectivity index (χ1n) is 8.22. The zero-order chi connectivity index (χ0) is 18.6. The molecule has 0 amide bonds. The number of aromatic hydroxyl groups is 2. The van der Waals surface area contributed by atoms with E-state index in [2.05, 4.69) is 20.5 Å². The van der Waals surface area contributed by atoms with Gasteiger partial charge < -0.3 is 10.2 Å². The molecule has 2 N–H and O–H groups in total. The maximum absolute atomic E-state index is 9.91. The van der Waals surface area contributed by atoms with E-state index in [-0.39, 0.29) is 11.5 Å². The third kappa shape index (κ3) is 3.52. The summed E-state index contributed by atoms with van der Waals surface area (Å²) >= 11 is 0. The average Bonchev–Trinajstić information content (AvgIpc) is 3.15. The smallest absolute Gasteiger partial charge is 0.274 e. The Hall–Kier alpha value is -4.00. The minimum atomic E-state index is 0.190. The van der Waals surface area contributed by atoms with E-state index in [1.807, 2.05) is 30.3 Å². The fourth-order valence-corrected chi connectivity index (χ4v) is 2.59. The lowest BCUT2D eigenvalue weighted by Crippen LogP contribution is -1.98. The minimum absolute atomic E-state index is 0.190. The van der Waals surface area contributed by atoms with Crippen LogP contribution in [0.15, 0.2) is 54.6 Å². The molecule has 27 heavy (non-hydrogen) atoms. The molecule has 132 valence electrons. The zero-order valence-electron chi connectivity index (χ0n) is 14.1. The summed E-state index contributed by atoms with van der Waals surface area (Å²) < 4.78 is 1.51. The van der Waals surface area contributed by atoms with Crippen molar-refractivity contribution in [1.29, 1.82) is 0 Å². The molecule has 7 nitrogen and oxygen atoms in total. The van der Waals surface area contributed by atoms with Crippen molar-refractivity contribution in [3.8, 4) is 11.5 Å². The van der Waals surface area contributed by atoms with Crippen LogP contribution in [0, 0.1) is 0 Å². The van der Waals surface area contributed by atoms with Gasteiger partial charge in [0, 0.05) is 11.1 Å². The van der Waals surface area contributed by atoms with E-state index in [4.69, 9.17) is 0 Å². The van der Waals surface area contributed by atoms with Gasteiger partial charge in [-0.2, -0.15) is 4.52 Å². The number of nitrogens with zero attached hydrogens (tertiary/aromatic N) is 5. The molecule has 2 heterocycles. The summed E-state index contributed by atoms with van der Waals surface area (Å²) in [5.74, 6) is 0.737. The minimum Gasteiger partial charge on any atom is -0.507 e. The first kappa shape index (κ1) is 16.5. The fraction of sp³-hybridized carbons (Fsp3) is 0. The lowest BCUT2D eigenvalue weighted by Gasteiger charge is -2.02. The predicted octanol–water partition coefficient (Wildman–Crippen LogP) is 3.27.